The second kappa shape index (κ2) is 8.03. The van der Waals surface area contributed by atoms with Crippen LogP contribution in [0.1, 0.15) is 45.4 Å². The topological polar surface area (TPSA) is 58.4 Å². The van der Waals surface area contributed by atoms with Crippen molar-refractivity contribution >= 4 is 17.3 Å². The molecule has 116 valence electrons. The first-order valence-corrected chi connectivity index (χ1v) is 8.12. The zero-order valence-electron chi connectivity index (χ0n) is 13.0. The van der Waals surface area contributed by atoms with Gasteiger partial charge in [0.1, 0.15) is 0 Å². The highest BCUT2D eigenvalue weighted by atomic mass is 16.2. The molecule has 4 nitrogen and oxygen atoms in total. The van der Waals surface area contributed by atoms with E-state index in [1.54, 1.807) is 0 Å². The van der Waals surface area contributed by atoms with Gasteiger partial charge >= 0.3 is 0 Å². The number of rotatable bonds is 5. The first-order chi connectivity index (χ1) is 10.2. The van der Waals surface area contributed by atoms with Gasteiger partial charge in [0.15, 0.2) is 0 Å². The van der Waals surface area contributed by atoms with Crippen molar-refractivity contribution < 1.29 is 4.79 Å². The predicted octanol–water partition coefficient (Wildman–Crippen LogP) is 3.13. The highest BCUT2D eigenvalue weighted by Gasteiger charge is 2.13. The van der Waals surface area contributed by atoms with Gasteiger partial charge in [-0.1, -0.05) is 26.2 Å². The van der Waals surface area contributed by atoms with Gasteiger partial charge in [-0.05, 0) is 43.5 Å². The number of nitrogens with one attached hydrogen (secondary N) is 1. The van der Waals surface area contributed by atoms with E-state index >= 15 is 0 Å². The minimum absolute atomic E-state index is 0.0978. The van der Waals surface area contributed by atoms with Crippen molar-refractivity contribution in [3.63, 3.8) is 0 Å². The molecule has 1 aromatic carbocycles. The number of amides is 1. The molecule has 1 aliphatic rings. The highest BCUT2D eigenvalue weighted by molar-refractivity contribution is 5.94. The fourth-order valence-corrected chi connectivity index (χ4v) is 2.76. The number of nitrogens with two attached hydrogens (primary N) is 1. The molecule has 0 unspecified atom stereocenters. The lowest BCUT2D eigenvalue weighted by molar-refractivity contribution is -0.117. The predicted molar refractivity (Wildman–Crippen MR) is 88.6 cm³/mol. The largest absolute Gasteiger partial charge is 0.372 e. The summed E-state index contributed by atoms with van der Waals surface area (Å²) in [5.74, 6) is -0.0978. The summed E-state index contributed by atoms with van der Waals surface area (Å²) in [4.78, 5) is 14.3. The zero-order chi connectivity index (χ0) is 15.1. The van der Waals surface area contributed by atoms with E-state index in [0.29, 0.717) is 0 Å². The van der Waals surface area contributed by atoms with Crippen LogP contribution in [0.5, 0.6) is 0 Å². The van der Waals surface area contributed by atoms with Crippen LogP contribution < -0.4 is 16.0 Å². The molecule has 1 atom stereocenters. The van der Waals surface area contributed by atoms with Crippen molar-refractivity contribution in [2.75, 3.05) is 23.3 Å². The summed E-state index contributed by atoms with van der Waals surface area (Å²) in [7, 11) is 0. The molecule has 0 radical (unpaired) electrons. The molecule has 0 saturated carbocycles. The number of carbonyl (C=O) groups is 1. The van der Waals surface area contributed by atoms with Crippen molar-refractivity contribution in [2.24, 2.45) is 5.73 Å². The number of hydrogen-bond donors (Lipinski definition) is 2. The van der Waals surface area contributed by atoms with Gasteiger partial charge in [-0.3, -0.25) is 4.79 Å². The van der Waals surface area contributed by atoms with E-state index in [1.807, 2.05) is 19.1 Å². The van der Waals surface area contributed by atoms with Crippen LogP contribution in [0, 0.1) is 0 Å². The number of benzene rings is 1. The van der Waals surface area contributed by atoms with Crippen molar-refractivity contribution in [3.8, 4) is 0 Å². The molecule has 1 saturated heterocycles. The summed E-state index contributed by atoms with van der Waals surface area (Å²) in [5.41, 5.74) is 7.89. The fourth-order valence-electron chi connectivity index (χ4n) is 2.76. The van der Waals surface area contributed by atoms with Crippen LogP contribution in [-0.4, -0.2) is 25.0 Å². The summed E-state index contributed by atoms with van der Waals surface area (Å²) in [6, 6.07) is 7.70. The Morgan fingerprint density at radius 2 is 1.81 bits per heavy atom. The first-order valence-electron chi connectivity index (χ1n) is 8.12. The summed E-state index contributed by atoms with van der Waals surface area (Å²) in [6.07, 6.45) is 6.84. The van der Waals surface area contributed by atoms with E-state index < -0.39 is 6.04 Å². The van der Waals surface area contributed by atoms with E-state index in [2.05, 4.69) is 22.3 Å². The Morgan fingerprint density at radius 1 is 1.19 bits per heavy atom. The van der Waals surface area contributed by atoms with Gasteiger partial charge < -0.3 is 16.0 Å². The Kier molecular flexibility index (Phi) is 6.05. The fraction of sp³-hybridized carbons (Fsp3) is 0.588. The minimum atomic E-state index is -0.416. The summed E-state index contributed by atoms with van der Waals surface area (Å²) >= 11 is 0. The van der Waals surface area contributed by atoms with E-state index in [0.717, 1.165) is 31.6 Å². The van der Waals surface area contributed by atoms with Crippen LogP contribution in [0.2, 0.25) is 0 Å². The molecule has 1 fully saturated rings. The molecular formula is C17H27N3O. The van der Waals surface area contributed by atoms with Crippen LogP contribution in [0.4, 0.5) is 11.4 Å². The normalized spacial score (nSPS) is 17.1. The number of carbonyl (C=O) groups excluding carboxylic acids is 1. The molecule has 1 heterocycles. The lowest BCUT2D eigenvalue weighted by Gasteiger charge is -2.23. The zero-order valence-corrected chi connectivity index (χ0v) is 13.0. The molecule has 1 aromatic rings. The third kappa shape index (κ3) is 4.74. The number of nitrogens with zero attached hydrogens (tertiary/aromatic N) is 1. The van der Waals surface area contributed by atoms with E-state index in [-0.39, 0.29) is 5.91 Å². The van der Waals surface area contributed by atoms with Crippen molar-refractivity contribution in [3.05, 3.63) is 24.3 Å². The second-order valence-electron chi connectivity index (χ2n) is 5.83. The number of anilines is 2. The van der Waals surface area contributed by atoms with Gasteiger partial charge in [-0.2, -0.15) is 0 Å². The maximum atomic E-state index is 11.9. The van der Waals surface area contributed by atoms with Crippen LogP contribution in [0.15, 0.2) is 24.3 Å². The van der Waals surface area contributed by atoms with Gasteiger partial charge in [-0.25, -0.2) is 0 Å². The van der Waals surface area contributed by atoms with Gasteiger partial charge in [0.2, 0.25) is 5.91 Å². The third-order valence-corrected chi connectivity index (χ3v) is 4.04. The van der Waals surface area contributed by atoms with Gasteiger partial charge in [0, 0.05) is 24.5 Å². The Labute approximate surface area is 127 Å². The summed E-state index contributed by atoms with van der Waals surface area (Å²) < 4.78 is 0. The van der Waals surface area contributed by atoms with Crippen LogP contribution >= 0.6 is 0 Å². The Hall–Kier alpha value is -1.55. The lowest BCUT2D eigenvalue weighted by Crippen LogP contribution is -2.35. The molecule has 3 N–H and O–H groups in total. The van der Waals surface area contributed by atoms with Crippen LogP contribution in [-0.2, 0) is 4.79 Å². The Bertz CT molecular complexity index is 436. The highest BCUT2D eigenvalue weighted by Crippen LogP contribution is 2.21. The SMILES string of the molecule is CCC[C@@H](N)C(=O)Nc1ccc(N2CCCCCC2)cc1. The van der Waals surface area contributed by atoms with Crippen molar-refractivity contribution in [1.82, 2.24) is 0 Å². The molecule has 1 amide bonds. The second-order valence-corrected chi connectivity index (χ2v) is 5.83. The van der Waals surface area contributed by atoms with E-state index in [4.69, 9.17) is 5.73 Å². The summed E-state index contributed by atoms with van der Waals surface area (Å²) in [6.45, 7) is 4.29. The average Bonchev–Trinajstić information content (AvgIpc) is 2.77. The van der Waals surface area contributed by atoms with Gasteiger partial charge in [0.05, 0.1) is 6.04 Å². The van der Waals surface area contributed by atoms with Crippen LogP contribution in [0.3, 0.4) is 0 Å². The third-order valence-electron chi connectivity index (χ3n) is 4.04. The molecule has 0 aromatic heterocycles. The van der Waals surface area contributed by atoms with Crippen LogP contribution in [0.25, 0.3) is 0 Å². The molecule has 0 bridgehead atoms. The Morgan fingerprint density at radius 3 is 2.38 bits per heavy atom. The molecule has 21 heavy (non-hydrogen) atoms. The molecule has 1 aliphatic heterocycles. The maximum Gasteiger partial charge on any atom is 0.241 e. The van der Waals surface area contributed by atoms with Gasteiger partial charge in [0.25, 0.3) is 0 Å². The lowest BCUT2D eigenvalue weighted by atomic mass is 10.1. The number of hydrogen-bond acceptors (Lipinski definition) is 3. The first kappa shape index (κ1) is 15.8. The summed E-state index contributed by atoms with van der Waals surface area (Å²) in [5, 5.41) is 2.89. The minimum Gasteiger partial charge on any atom is -0.372 e. The van der Waals surface area contributed by atoms with E-state index in [1.165, 1.54) is 31.4 Å². The monoisotopic (exact) mass is 289 g/mol. The Balaban J connectivity index is 1.93. The quantitative estimate of drug-likeness (QED) is 0.875. The van der Waals surface area contributed by atoms with Crippen molar-refractivity contribution in [1.29, 1.82) is 0 Å². The molecule has 4 heteroatoms. The standard InChI is InChI=1S/C17H27N3O/c1-2-7-16(18)17(21)19-14-8-10-15(11-9-14)20-12-5-3-4-6-13-20/h8-11,16H,2-7,12-13,18H2,1H3,(H,19,21)/t16-/m1/s1. The van der Waals surface area contributed by atoms with Gasteiger partial charge in [-0.15, -0.1) is 0 Å². The van der Waals surface area contributed by atoms with Crippen molar-refractivity contribution in [2.45, 2.75) is 51.5 Å². The van der Waals surface area contributed by atoms with E-state index in [9.17, 15) is 4.79 Å². The molecule has 2 rings (SSSR count). The molecule has 0 spiro atoms. The molecular weight excluding hydrogens is 262 g/mol. The average molecular weight is 289 g/mol. The smallest absolute Gasteiger partial charge is 0.241 e. The maximum absolute atomic E-state index is 11.9. The molecule has 0 aliphatic carbocycles.